The fourth-order valence-electron chi connectivity index (χ4n) is 2.16. The maximum absolute atomic E-state index is 13.5. The third-order valence-electron chi connectivity index (χ3n) is 2.87. The van der Waals surface area contributed by atoms with Gasteiger partial charge in [-0.1, -0.05) is 25.4 Å². The van der Waals surface area contributed by atoms with Crippen molar-refractivity contribution in [1.29, 1.82) is 0 Å². The van der Waals surface area contributed by atoms with Gasteiger partial charge in [0.2, 0.25) is 0 Å². The molecule has 1 N–H and O–H groups in total. The van der Waals surface area contributed by atoms with Gasteiger partial charge in [-0.15, -0.1) is 0 Å². The molecule has 1 heterocycles. The van der Waals surface area contributed by atoms with E-state index in [0.29, 0.717) is 16.5 Å². The van der Waals surface area contributed by atoms with Gasteiger partial charge in [-0.05, 0) is 37.5 Å². The largest absolute Gasteiger partial charge is 0.385 e. The Kier molecular flexibility index (Phi) is 4.25. The van der Waals surface area contributed by atoms with Crippen LogP contribution in [0.2, 0.25) is 5.02 Å². The number of nitrogens with zero attached hydrogens (tertiary/aromatic N) is 1. The molecule has 2 rings (SSSR count). The summed E-state index contributed by atoms with van der Waals surface area (Å²) in [6.07, 6.45) is 0.877. The zero-order chi connectivity index (χ0) is 14.0. The zero-order valence-electron chi connectivity index (χ0n) is 11.4. The maximum atomic E-state index is 13.5. The molecule has 0 radical (unpaired) electrons. The highest BCUT2D eigenvalue weighted by Crippen LogP contribution is 2.30. The first-order chi connectivity index (χ1) is 9.01. The molecule has 0 unspecified atom stereocenters. The molecule has 0 spiro atoms. The van der Waals surface area contributed by atoms with Crippen molar-refractivity contribution in [2.45, 2.75) is 27.2 Å². The van der Waals surface area contributed by atoms with Gasteiger partial charge in [0.1, 0.15) is 5.82 Å². The third kappa shape index (κ3) is 3.16. The summed E-state index contributed by atoms with van der Waals surface area (Å²) in [6, 6.07) is 4.78. The summed E-state index contributed by atoms with van der Waals surface area (Å²) in [5.41, 5.74) is 2.54. The fraction of sp³-hybridized carbons (Fsp3) is 0.400. The molecular formula is C15H18ClFN2. The quantitative estimate of drug-likeness (QED) is 0.881. The molecule has 0 amide bonds. The Bertz CT molecular complexity index is 596. The first-order valence-electron chi connectivity index (χ1n) is 6.53. The van der Waals surface area contributed by atoms with Gasteiger partial charge >= 0.3 is 0 Å². The van der Waals surface area contributed by atoms with Crippen LogP contribution < -0.4 is 5.32 Å². The highest BCUT2D eigenvalue weighted by atomic mass is 35.5. The number of hydrogen-bond donors (Lipinski definition) is 1. The molecule has 0 aliphatic heterocycles. The van der Waals surface area contributed by atoms with Crippen molar-refractivity contribution in [2.75, 3.05) is 11.9 Å². The SMILES string of the molecule is CCNc1cc(CC(C)C)nc2c(Cl)cc(F)cc12. The predicted molar refractivity (Wildman–Crippen MR) is 79.4 cm³/mol. The molecule has 1 aromatic heterocycles. The lowest BCUT2D eigenvalue weighted by atomic mass is 10.1. The van der Waals surface area contributed by atoms with Gasteiger partial charge in [0.15, 0.2) is 0 Å². The van der Waals surface area contributed by atoms with Gasteiger partial charge in [0.05, 0.1) is 10.5 Å². The molecular weight excluding hydrogens is 263 g/mol. The van der Waals surface area contributed by atoms with Crippen LogP contribution in [0.3, 0.4) is 0 Å². The van der Waals surface area contributed by atoms with E-state index in [-0.39, 0.29) is 5.82 Å². The summed E-state index contributed by atoms with van der Waals surface area (Å²) in [7, 11) is 0. The van der Waals surface area contributed by atoms with E-state index in [1.54, 1.807) is 0 Å². The number of anilines is 1. The van der Waals surface area contributed by atoms with Crippen LogP contribution in [-0.4, -0.2) is 11.5 Å². The minimum Gasteiger partial charge on any atom is -0.385 e. The number of nitrogens with one attached hydrogen (secondary N) is 1. The number of benzene rings is 1. The highest BCUT2D eigenvalue weighted by molar-refractivity contribution is 6.35. The molecule has 102 valence electrons. The van der Waals surface area contributed by atoms with Crippen LogP contribution in [0.4, 0.5) is 10.1 Å². The molecule has 0 saturated carbocycles. The molecule has 2 aromatic rings. The Morgan fingerprint density at radius 1 is 1.32 bits per heavy atom. The Morgan fingerprint density at radius 2 is 2.05 bits per heavy atom. The number of aromatic nitrogens is 1. The molecule has 0 saturated heterocycles. The van der Waals surface area contributed by atoms with Crippen LogP contribution in [0.1, 0.15) is 26.5 Å². The lowest BCUT2D eigenvalue weighted by Gasteiger charge is -2.13. The smallest absolute Gasteiger partial charge is 0.125 e. The normalized spacial score (nSPS) is 11.3. The summed E-state index contributed by atoms with van der Waals surface area (Å²) in [6.45, 7) is 7.07. The van der Waals surface area contributed by atoms with Crippen LogP contribution >= 0.6 is 11.6 Å². The van der Waals surface area contributed by atoms with E-state index in [4.69, 9.17) is 11.6 Å². The lowest BCUT2D eigenvalue weighted by molar-refractivity contribution is 0.628. The molecule has 0 aliphatic carbocycles. The molecule has 0 fully saturated rings. The predicted octanol–water partition coefficient (Wildman–Crippen LogP) is 4.66. The van der Waals surface area contributed by atoms with Crippen LogP contribution in [0.25, 0.3) is 10.9 Å². The van der Waals surface area contributed by atoms with Gasteiger partial charge in [0.25, 0.3) is 0 Å². The van der Waals surface area contributed by atoms with E-state index in [0.717, 1.165) is 29.7 Å². The molecule has 1 aromatic carbocycles. The number of rotatable bonds is 4. The monoisotopic (exact) mass is 280 g/mol. The average Bonchev–Trinajstić information content (AvgIpc) is 2.30. The number of halogens is 2. The molecule has 4 heteroatoms. The second kappa shape index (κ2) is 5.74. The summed E-state index contributed by atoms with van der Waals surface area (Å²) in [5, 5.41) is 4.35. The van der Waals surface area contributed by atoms with Crippen molar-refractivity contribution in [1.82, 2.24) is 4.98 Å². The summed E-state index contributed by atoms with van der Waals surface area (Å²) in [5.74, 6) is 0.175. The van der Waals surface area contributed by atoms with Crippen LogP contribution in [0, 0.1) is 11.7 Å². The Morgan fingerprint density at radius 3 is 2.68 bits per heavy atom. The molecule has 0 aliphatic rings. The fourth-order valence-corrected chi connectivity index (χ4v) is 2.41. The molecule has 2 nitrogen and oxygen atoms in total. The number of hydrogen-bond acceptors (Lipinski definition) is 2. The highest BCUT2D eigenvalue weighted by Gasteiger charge is 2.11. The third-order valence-corrected chi connectivity index (χ3v) is 3.16. The van der Waals surface area contributed by atoms with Crippen molar-refractivity contribution in [3.05, 3.63) is 34.7 Å². The van der Waals surface area contributed by atoms with Crippen molar-refractivity contribution in [3.8, 4) is 0 Å². The van der Waals surface area contributed by atoms with Crippen LogP contribution in [0.15, 0.2) is 18.2 Å². The lowest BCUT2D eigenvalue weighted by Crippen LogP contribution is -2.03. The van der Waals surface area contributed by atoms with E-state index in [9.17, 15) is 4.39 Å². The molecule has 0 atom stereocenters. The van der Waals surface area contributed by atoms with Crippen molar-refractivity contribution in [2.24, 2.45) is 5.92 Å². The van der Waals surface area contributed by atoms with Gasteiger partial charge in [-0.3, -0.25) is 4.98 Å². The van der Waals surface area contributed by atoms with E-state index < -0.39 is 0 Å². The summed E-state index contributed by atoms with van der Waals surface area (Å²) in [4.78, 5) is 4.56. The van der Waals surface area contributed by atoms with E-state index in [1.165, 1.54) is 12.1 Å². The van der Waals surface area contributed by atoms with E-state index in [1.807, 2.05) is 13.0 Å². The van der Waals surface area contributed by atoms with Gasteiger partial charge in [-0.2, -0.15) is 0 Å². The molecule has 0 bridgehead atoms. The van der Waals surface area contributed by atoms with Crippen LogP contribution in [-0.2, 0) is 6.42 Å². The van der Waals surface area contributed by atoms with E-state index in [2.05, 4.69) is 24.1 Å². The minimum atomic E-state index is -0.338. The van der Waals surface area contributed by atoms with Gasteiger partial charge in [0, 0.05) is 23.3 Å². The number of pyridine rings is 1. The maximum Gasteiger partial charge on any atom is 0.125 e. The first-order valence-corrected chi connectivity index (χ1v) is 6.91. The minimum absolute atomic E-state index is 0.338. The van der Waals surface area contributed by atoms with Crippen molar-refractivity contribution >= 4 is 28.2 Å². The topological polar surface area (TPSA) is 24.9 Å². The summed E-state index contributed by atoms with van der Waals surface area (Å²) < 4.78 is 13.5. The first kappa shape index (κ1) is 14.1. The average molecular weight is 281 g/mol. The number of fused-ring (bicyclic) bond motifs is 1. The Labute approximate surface area is 118 Å². The summed E-state index contributed by atoms with van der Waals surface area (Å²) >= 11 is 6.11. The zero-order valence-corrected chi connectivity index (χ0v) is 12.2. The Hall–Kier alpha value is -1.35. The van der Waals surface area contributed by atoms with Crippen molar-refractivity contribution in [3.63, 3.8) is 0 Å². The van der Waals surface area contributed by atoms with Gasteiger partial charge < -0.3 is 5.32 Å². The second-order valence-corrected chi connectivity index (χ2v) is 5.48. The van der Waals surface area contributed by atoms with Gasteiger partial charge in [-0.25, -0.2) is 4.39 Å². The second-order valence-electron chi connectivity index (χ2n) is 5.07. The Balaban J connectivity index is 2.64. The standard InChI is InChI=1S/C15H18ClFN2/c1-4-18-14-8-11(5-9(2)3)19-15-12(14)6-10(17)7-13(15)16/h6-9H,4-5H2,1-3H3,(H,18,19). The van der Waals surface area contributed by atoms with Crippen molar-refractivity contribution < 1.29 is 4.39 Å². The van der Waals surface area contributed by atoms with Crippen LogP contribution in [0.5, 0.6) is 0 Å². The van der Waals surface area contributed by atoms with E-state index >= 15 is 0 Å². The molecule has 19 heavy (non-hydrogen) atoms.